The van der Waals surface area contributed by atoms with Gasteiger partial charge in [0.1, 0.15) is 5.82 Å². The first-order valence-electron chi connectivity index (χ1n) is 10.9. The molecular weight excluding hydrogens is 383 g/mol. The Balaban J connectivity index is 1.23. The Morgan fingerprint density at radius 2 is 1.90 bits per heavy atom. The molecule has 0 saturated carbocycles. The maximum absolute atomic E-state index is 13.0. The van der Waals surface area contributed by atoms with Gasteiger partial charge in [-0.05, 0) is 98.2 Å². The average molecular weight is 415 g/mol. The minimum atomic E-state index is -0.170. The van der Waals surface area contributed by atoms with Crippen LogP contribution in [0.5, 0.6) is 0 Å². The highest BCUT2D eigenvalue weighted by atomic mass is 32.1. The topological polar surface area (TPSA) is 23.6 Å². The van der Waals surface area contributed by atoms with E-state index < -0.39 is 0 Å². The van der Waals surface area contributed by atoms with E-state index in [9.17, 15) is 9.18 Å². The molecule has 5 heteroatoms. The van der Waals surface area contributed by atoms with Crippen LogP contribution in [0.25, 0.3) is 0 Å². The van der Waals surface area contributed by atoms with Gasteiger partial charge in [0.25, 0.3) is 5.91 Å². The van der Waals surface area contributed by atoms with Crippen molar-refractivity contribution >= 4 is 17.2 Å². The second kappa shape index (κ2) is 9.40. The summed E-state index contributed by atoms with van der Waals surface area (Å²) < 4.78 is 13.0. The van der Waals surface area contributed by atoms with E-state index in [2.05, 4.69) is 10.3 Å². The summed E-state index contributed by atoms with van der Waals surface area (Å²) in [5, 5.41) is 2.20. The van der Waals surface area contributed by atoms with Gasteiger partial charge in [0.05, 0.1) is 4.88 Å². The van der Waals surface area contributed by atoms with E-state index in [4.69, 9.17) is 0 Å². The average Bonchev–Trinajstić information content (AvgIpc) is 3.18. The zero-order valence-electron chi connectivity index (χ0n) is 17.3. The summed E-state index contributed by atoms with van der Waals surface area (Å²) in [5.74, 6) is 0.634. The molecule has 29 heavy (non-hydrogen) atoms. The fourth-order valence-electron chi connectivity index (χ4n) is 4.67. The number of halogens is 1. The number of piperidine rings is 1. The third kappa shape index (κ3) is 5.07. The Kier molecular flexibility index (Phi) is 6.66. The van der Waals surface area contributed by atoms with Crippen LogP contribution in [0.3, 0.4) is 0 Å². The summed E-state index contributed by atoms with van der Waals surface area (Å²) in [6.45, 7) is 4.05. The van der Waals surface area contributed by atoms with Crippen LogP contribution < -0.4 is 0 Å². The second-order valence-electron chi connectivity index (χ2n) is 8.62. The van der Waals surface area contributed by atoms with Crippen LogP contribution in [-0.2, 0) is 19.3 Å². The fourth-order valence-corrected chi connectivity index (χ4v) is 5.83. The molecule has 3 nitrogen and oxygen atoms in total. The molecule has 0 radical (unpaired) electrons. The van der Waals surface area contributed by atoms with Crippen molar-refractivity contribution in [2.75, 3.05) is 33.2 Å². The number of benzene rings is 1. The number of nitrogens with zero attached hydrogens (tertiary/aromatic N) is 2. The molecule has 2 aromatic rings. The van der Waals surface area contributed by atoms with Gasteiger partial charge in [0, 0.05) is 20.1 Å². The van der Waals surface area contributed by atoms with Crippen molar-refractivity contribution in [1.82, 2.24) is 9.80 Å². The molecule has 0 bridgehead atoms. The van der Waals surface area contributed by atoms with Crippen LogP contribution in [0, 0.1) is 11.7 Å². The SMILES string of the molecule is CN(CC1CCN(CCc2ccc(F)cc2)CC1)C(=O)c1scc2c1CCCC2. The summed E-state index contributed by atoms with van der Waals surface area (Å²) in [7, 11) is 1.97. The molecule has 0 unspecified atom stereocenters. The minimum Gasteiger partial charge on any atom is -0.341 e. The fraction of sp³-hybridized carbons (Fsp3) is 0.542. The van der Waals surface area contributed by atoms with Gasteiger partial charge < -0.3 is 9.80 Å². The van der Waals surface area contributed by atoms with Crippen LogP contribution in [0.2, 0.25) is 0 Å². The number of carbonyl (C=O) groups excluding carboxylic acids is 1. The number of likely N-dealkylation sites (tertiary alicyclic amines) is 1. The molecule has 1 aromatic carbocycles. The molecule has 2 heterocycles. The summed E-state index contributed by atoms with van der Waals surface area (Å²) in [5.41, 5.74) is 3.93. The largest absolute Gasteiger partial charge is 0.341 e. The Bertz CT molecular complexity index is 824. The van der Waals surface area contributed by atoms with Crippen molar-refractivity contribution in [2.45, 2.75) is 44.9 Å². The van der Waals surface area contributed by atoms with Gasteiger partial charge in [-0.1, -0.05) is 12.1 Å². The predicted octanol–water partition coefficient (Wildman–Crippen LogP) is 4.79. The van der Waals surface area contributed by atoms with Crippen molar-refractivity contribution in [3.05, 3.63) is 57.0 Å². The zero-order valence-corrected chi connectivity index (χ0v) is 18.1. The molecule has 0 atom stereocenters. The van der Waals surface area contributed by atoms with Crippen molar-refractivity contribution in [3.63, 3.8) is 0 Å². The summed E-state index contributed by atoms with van der Waals surface area (Å²) in [6.07, 6.45) is 7.93. The van der Waals surface area contributed by atoms with E-state index in [1.54, 1.807) is 23.5 Å². The Labute approximate surface area is 177 Å². The molecule has 1 saturated heterocycles. The Morgan fingerprint density at radius 3 is 2.66 bits per heavy atom. The minimum absolute atomic E-state index is 0.170. The van der Waals surface area contributed by atoms with Crippen LogP contribution in [0.4, 0.5) is 4.39 Å². The lowest BCUT2D eigenvalue weighted by molar-refractivity contribution is 0.0744. The molecule has 2 aliphatic rings. The number of carbonyl (C=O) groups is 1. The quantitative estimate of drug-likeness (QED) is 0.678. The summed E-state index contributed by atoms with van der Waals surface area (Å²) in [4.78, 5) is 18.4. The zero-order chi connectivity index (χ0) is 20.2. The third-order valence-electron chi connectivity index (χ3n) is 6.51. The van der Waals surface area contributed by atoms with E-state index in [1.165, 1.54) is 29.5 Å². The highest BCUT2D eigenvalue weighted by Crippen LogP contribution is 2.31. The van der Waals surface area contributed by atoms with E-state index >= 15 is 0 Å². The van der Waals surface area contributed by atoms with Crippen molar-refractivity contribution in [1.29, 1.82) is 0 Å². The van der Waals surface area contributed by atoms with Gasteiger partial charge >= 0.3 is 0 Å². The summed E-state index contributed by atoms with van der Waals surface area (Å²) in [6, 6.07) is 6.84. The van der Waals surface area contributed by atoms with E-state index in [-0.39, 0.29) is 11.7 Å². The molecule has 4 rings (SSSR count). The first-order valence-corrected chi connectivity index (χ1v) is 11.8. The second-order valence-corrected chi connectivity index (χ2v) is 9.50. The molecule has 1 aliphatic carbocycles. The smallest absolute Gasteiger partial charge is 0.263 e. The molecule has 0 N–H and O–H groups in total. The van der Waals surface area contributed by atoms with Crippen molar-refractivity contribution < 1.29 is 9.18 Å². The summed E-state index contributed by atoms with van der Waals surface area (Å²) >= 11 is 1.65. The lowest BCUT2D eigenvalue weighted by Gasteiger charge is -2.34. The highest BCUT2D eigenvalue weighted by molar-refractivity contribution is 7.12. The number of amides is 1. The molecule has 156 valence electrons. The molecule has 1 aromatic heterocycles. The molecular formula is C24H31FN2OS. The monoisotopic (exact) mass is 414 g/mol. The van der Waals surface area contributed by atoms with Crippen LogP contribution >= 0.6 is 11.3 Å². The van der Waals surface area contributed by atoms with Crippen LogP contribution in [-0.4, -0.2) is 48.9 Å². The van der Waals surface area contributed by atoms with Crippen molar-refractivity contribution in [3.8, 4) is 0 Å². The number of aryl methyl sites for hydroxylation is 1. The maximum Gasteiger partial charge on any atom is 0.263 e. The molecule has 1 aliphatic heterocycles. The van der Waals surface area contributed by atoms with Gasteiger partial charge in [0.2, 0.25) is 0 Å². The first-order chi connectivity index (χ1) is 14.1. The number of rotatable bonds is 6. The lowest BCUT2D eigenvalue weighted by atomic mass is 9.93. The number of thiophene rings is 1. The normalized spacial score (nSPS) is 17.9. The standard InChI is InChI=1S/C24H31FN2OS/c1-26(24(28)23-22-5-3-2-4-20(22)17-29-23)16-19-11-14-27(15-12-19)13-10-18-6-8-21(25)9-7-18/h6-9,17,19H,2-5,10-16H2,1H3. The van der Waals surface area contributed by atoms with Gasteiger partial charge in [-0.25, -0.2) is 4.39 Å². The number of hydrogen-bond donors (Lipinski definition) is 0. The number of hydrogen-bond acceptors (Lipinski definition) is 3. The predicted molar refractivity (Wildman–Crippen MR) is 117 cm³/mol. The Hall–Kier alpha value is -1.72. The van der Waals surface area contributed by atoms with E-state index in [0.717, 1.165) is 63.2 Å². The van der Waals surface area contributed by atoms with Crippen molar-refractivity contribution in [2.24, 2.45) is 5.92 Å². The molecule has 1 fully saturated rings. The maximum atomic E-state index is 13.0. The third-order valence-corrected chi connectivity index (χ3v) is 7.57. The van der Waals surface area contributed by atoms with Crippen LogP contribution in [0.15, 0.2) is 29.6 Å². The number of fused-ring (bicyclic) bond motifs is 1. The van der Waals surface area contributed by atoms with E-state index in [0.29, 0.717) is 5.92 Å². The Morgan fingerprint density at radius 1 is 1.17 bits per heavy atom. The molecule has 1 amide bonds. The van der Waals surface area contributed by atoms with E-state index in [1.807, 2.05) is 24.1 Å². The van der Waals surface area contributed by atoms with Crippen LogP contribution in [0.1, 0.15) is 52.0 Å². The van der Waals surface area contributed by atoms with Gasteiger partial charge in [-0.3, -0.25) is 4.79 Å². The highest BCUT2D eigenvalue weighted by Gasteiger charge is 2.26. The first kappa shape index (κ1) is 20.5. The van der Waals surface area contributed by atoms with Gasteiger partial charge in [-0.2, -0.15) is 0 Å². The molecule has 0 spiro atoms. The lowest BCUT2D eigenvalue weighted by Crippen LogP contribution is -2.40. The van der Waals surface area contributed by atoms with Gasteiger partial charge in [-0.15, -0.1) is 11.3 Å². The van der Waals surface area contributed by atoms with Gasteiger partial charge in [0.15, 0.2) is 0 Å².